The van der Waals surface area contributed by atoms with Crippen molar-refractivity contribution in [3.63, 3.8) is 0 Å². The van der Waals surface area contributed by atoms with E-state index in [1.807, 2.05) is 32.0 Å². The topological polar surface area (TPSA) is 67.9 Å². The van der Waals surface area contributed by atoms with Gasteiger partial charge in [0.1, 0.15) is 0 Å². The Morgan fingerprint density at radius 1 is 1.21 bits per heavy atom. The molecule has 1 heterocycles. The molecule has 1 atom stereocenters. The minimum atomic E-state index is -0.310. The van der Waals surface area contributed by atoms with Crippen molar-refractivity contribution in [2.24, 2.45) is 0 Å². The summed E-state index contributed by atoms with van der Waals surface area (Å²) in [5.74, 6) is 0.762. The molecule has 0 aromatic heterocycles. The Morgan fingerprint density at radius 2 is 1.90 bits per heavy atom. The lowest BCUT2D eigenvalue weighted by Crippen LogP contribution is -2.36. The quantitative estimate of drug-likeness (QED) is 0.784. The fraction of sp³-hybridized carbons (Fsp3) is 0.364. The van der Waals surface area contributed by atoms with Crippen molar-refractivity contribution >= 4 is 23.4 Å². The number of nitrogens with zero attached hydrogens (tertiary/aromatic N) is 1. The van der Waals surface area contributed by atoms with Gasteiger partial charge in [-0.25, -0.2) is 0 Å². The monoisotopic (exact) mass is 416 g/mol. The number of hydrogen-bond donors (Lipinski definition) is 1. The third-order valence-electron chi connectivity index (χ3n) is 4.59. The molecule has 0 spiro atoms. The summed E-state index contributed by atoms with van der Waals surface area (Å²) in [6, 6.07) is 10.8. The van der Waals surface area contributed by atoms with Crippen LogP contribution in [0.4, 0.5) is 0 Å². The fourth-order valence-corrected chi connectivity index (χ4v) is 3.27. The van der Waals surface area contributed by atoms with Crippen molar-refractivity contribution in [3.05, 3.63) is 58.1 Å². The van der Waals surface area contributed by atoms with Crippen LogP contribution in [-0.2, 0) is 16.0 Å². The van der Waals surface area contributed by atoms with Crippen molar-refractivity contribution in [1.82, 2.24) is 10.2 Å². The highest BCUT2D eigenvalue weighted by molar-refractivity contribution is 6.30. The Labute approximate surface area is 175 Å². The third kappa shape index (κ3) is 5.01. The van der Waals surface area contributed by atoms with Gasteiger partial charge in [0.15, 0.2) is 18.1 Å². The first-order valence-corrected chi connectivity index (χ1v) is 9.83. The Morgan fingerprint density at radius 3 is 2.52 bits per heavy atom. The van der Waals surface area contributed by atoms with Crippen LogP contribution in [0, 0.1) is 0 Å². The van der Waals surface area contributed by atoms with E-state index in [9.17, 15) is 9.59 Å². The van der Waals surface area contributed by atoms with Crippen LogP contribution < -0.4 is 14.8 Å². The molecule has 2 aromatic rings. The molecule has 1 aliphatic rings. The van der Waals surface area contributed by atoms with Gasteiger partial charge < -0.3 is 19.7 Å². The first kappa shape index (κ1) is 21.0. The van der Waals surface area contributed by atoms with Crippen molar-refractivity contribution in [2.45, 2.75) is 32.4 Å². The summed E-state index contributed by atoms with van der Waals surface area (Å²) < 4.78 is 11.7. The Hall–Kier alpha value is -2.73. The van der Waals surface area contributed by atoms with Gasteiger partial charge in [-0.15, -0.1) is 0 Å². The van der Waals surface area contributed by atoms with Crippen LogP contribution in [-0.4, -0.2) is 43.5 Å². The second-order valence-corrected chi connectivity index (χ2v) is 7.91. The maximum absolute atomic E-state index is 12.3. The molecule has 0 aliphatic carbocycles. The van der Waals surface area contributed by atoms with Gasteiger partial charge in [0.05, 0.1) is 18.6 Å². The van der Waals surface area contributed by atoms with E-state index in [1.165, 1.54) is 4.90 Å². The van der Waals surface area contributed by atoms with Crippen LogP contribution in [0.5, 0.6) is 11.5 Å². The van der Waals surface area contributed by atoms with Gasteiger partial charge in [-0.1, -0.05) is 23.7 Å². The van der Waals surface area contributed by atoms with Crippen molar-refractivity contribution in [1.29, 1.82) is 0 Å². The average molecular weight is 417 g/mol. The summed E-state index contributed by atoms with van der Waals surface area (Å²) in [6.07, 6.45) is 0.159. The zero-order chi connectivity index (χ0) is 21.1. The average Bonchev–Trinajstić information content (AvgIpc) is 2.66. The number of hydrogen-bond acceptors (Lipinski definition) is 4. The zero-order valence-electron chi connectivity index (χ0n) is 17.0. The van der Waals surface area contributed by atoms with Crippen molar-refractivity contribution in [3.8, 4) is 11.5 Å². The lowest BCUT2D eigenvalue weighted by Gasteiger charge is -2.29. The number of benzene rings is 2. The predicted molar refractivity (Wildman–Crippen MR) is 112 cm³/mol. The Kier molecular flexibility index (Phi) is 6.33. The van der Waals surface area contributed by atoms with E-state index < -0.39 is 0 Å². The standard InChI is InChI=1S/C22H25ClN2O4/c1-13(2)29-19-11-17-15(9-18(19)28-12-21(27)25(3)4)10-20(26)24-22(17)14-5-7-16(23)8-6-14/h5-9,11,13,22H,10,12H2,1-4H3,(H,24,26). The van der Waals surface area contributed by atoms with Gasteiger partial charge >= 0.3 is 0 Å². The molecular weight excluding hydrogens is 392 g/mol. The molecular formula is C22H25ClN2O4. The van der Waals surface area contributed by atoms with Crippen LogP contribution >= 0.6 is 11.6 Å². The van der Waals surface area contributed by atoms with Gasteiger partial charge in [-0.3, -0.25) is 9.59 Å². The number of fused-ring (bicyclic) bond motifs is 1. The molecule has 2 aromatic carbocycles. The van der Waals surface area contributed by atoms with Crippen molar-refractivity contribution in [2.75, 3.05) is 20.7 Å². The van der Waals surface area contributed by atoms with Gasteiger partial charge in [0, 0.05) is 19.1 Å². The molecule has 1 aliphatic heterocycles. The molecule has 2 amide bonds. The number of ether oxygens (including phenoxy) is 2. The van der Waals surface area contributed by atoms with E-state index in [-0.39, 0.29) is 37.0 Å². The molecule has 7 heteroatoms. The van der Waals surface area contributed by atoms with Crippen LogP contribution in [0.2, 0.25) is 5.02 Å². The Bertz CT molecular complexity index is 910. The molecule has 154 valence electrons. The zero-order valence-corrected chi connectivity index (χ0v) is 17.7. The number of halogens is 1. The molecule has 29 heavy (non-hydrogen) atoms. The smallest absolute Gasteiger partial charge is 0.259 e. The number of likely N-dealkylation sites (N-methyl/N-ethyl adjacent to an activating group) is 1. The van der Waals surface area contributed by atoms with E-state index in [1.54, 1.807) is 32.3 Å². The molecule has 0 fully saturated rings. The number of rotatable bonds is 6. The SMILES string of the molecule is CC(C)Oc1cc2c(cc1OCC(=O)N(C)C)CC(=O)NC2c1ccc(Cl)cc1. The maximum atomic E-state index is 12.3. The predicted octanol–water partition coefficient (Wildman–Crippen LogP) is 3.36. The minimum Gasteiger partial charge on any atom is -0.487 e. The first-order valence-electron chi connectivity index (χ1n) is 9.46. The third-order valence-corrected chi connectivity index (χ3v) is 4.84. The Balaban J connectivity index is 2.01. The molecule has 0 radical (unpaired) electrons. The van der Waals surface area contributed by atoms with Crippen molar-refractivity contribution < 1.29 is 19.1 Å². The summed E-state index contributed by atoms with van der Waals surface area (Å²) >= 11 is 6.01. The van der Waals surface area contributed by atoms with Gasteiger partial charge in [-0.05, 0) is 54.8 Å². The summed E-state index contributed by atoms with van der Waals surface area (Å²) in [7, 11) is 3.34. The van der Waals surface area contributed by atoms with Crippen LogP contribution in [0.25, 0.3) is 0 Å². The van der Waals surface area contributed by atoms with Gasteiger partial charge in [-0.2, -0.15) is 0 Å². The molecule has 3 rings (SSSR count). The van der Waals surface area contributed by atoms with E-state index in [0.29, 0.717) is 16.5 Å². The second kappa shape index (κ2) is 8.74. The van der Waals surface area contributed by atoms with Gasteiger partial charge in [0.2, 0.25) is 5.91 Å². The molecule has 1 N–H and O–H groups in total. The van der Waals surface area contributed by atoms with E-state index in [0.717, 1.165) is 16.7 Å². The van der Waals surface area contributed by atoms with E-state index in [4.69, 9.17) is 21.1 Å². The minimum absolute atomic E-state index is 0.0767. The van der Waals surface area contributed by atoms with Crippen LogP contribution in [0.15, 0.2) is 36.4 Å². The number of nitrogens with one attached hydrogen (secondary N) is 1. The molecule has 6 nitrogen and oxygen atoms in total. The molecule has 0 bridgehead atoms. The normalized spacial score (nSPS) is 15.5. The molecule has 0 saturated heterocycles. The second-order valence-electron chi connectivity index (χ2n) is 7.47. The summed E-state index contributed by atoms with van der Waals surface area (Å²) in [5.41, 5.74) is 2.71. The lowest BCUT2D eigenvalue weighted by atomic mass is 9.89. The fourth-order valence-electron chi connectivity index (χ4n) is 3.15. The number of carbonyl (C=O) groups is 2. The molecule has 0 saturated carbocycles. The maximum Gasteiger partial charge on any atom is 0.259 e. The van der Waals surface area contributed by atoms with Crippen LogP contribution in [0.1, 0.15) is 36.6 Å². The van der Waals surface area contributed by atoms with Crippen LogP contribution in [0.3, 0.4) is 0 Å². The highest BCUT2D eigenvalue weighted by Crippen LogP contribution is 2.38. The summed E-state index contributed by atoms with van der Waals surface area (Å²) in [5, 5.41) is 3.67. The number of amides is 2. The lowest BCUT2D eigenvalue weighted by molar-refractivity contribution is -0.130. The molecule has 1 unspecified atom stereocenters. The largest absolute Gasteiger partial charge is 0.487 e. The number of carbonyl (C=O) groups excluding carboxylic acids is 2. The first-order chi connectivity index (χ1) is 13.7. The summed E-state index contributed by atoms with van der Waals surface area (Å²) in [4.78, 5) is 25.7. The van der Waals surface area contributed by atoms with Gasteiger partial charge in [0.25, 0.3) is 5.91 Å². The highest BCUT2D eigenvalue weighted by Gasteiger charge is 2.28. The van der Waals surface area contributed by atoms with E-state index >= 15 is 0 Å². The summed E-state index contributed by atoms with van der Waals surface area (Å²) in [6.45, 7) is 3.74. The highest BCUT2D eigenvalue weighted by atomic mass is 35.5. The van der Waals surface area contributed by atoms with E-state index in [2.05, 4.69) is 5.32 Å².